The molecule has 0 bridgehead atoms. The minimum atomic E-state index is -0.765. The second-order valence-corrected chi connectivity index (χ2v) is 9.82. The molecule has 27 heavy (non-hydrogen) atoms. The van der Waals surface area contributed by atoms with Gasteiger partial charge in [0, 0.05) is 0 Å². The Morgan fingerprint density at radius 1 is 0.852 bits per heavy atom. The van der Waals surface area contributed by atoms with E-state index in [1.807, 2.05) is 72.8 Å². The number of rotatable bonds is 5. The molecule has 0 spiro atoms. The van der Waals surface area contributed by atoms with E-state index < -0.39 is 20.9 Å². The second-order valence-electron chi connectivity index (χ2n) is 6.23. The first-order chi connectivity index (χ1) is 13.2. The molecule has 0 saturated heterocycles. The SMILES string of the molecule is O=C1OC(c2ccccc2Cl)C([Te]c2ccccc2)=C1Cc1ccccc1. The fraction of sp³-hybridized carbons (Fsp3) is 0.0870. The summed E-state index contributed by atoms with van der Waals surface area (Å²) in [7, 11) is 0. The van der Waals surface area contributed by atoms with Crippen molar-refractivity contribution in [2.75, 3.05) is 0 Å². The number of ether oxygens (including phenoxy) is 1. The normalized spacial score (nSPS) is 16.5. The van der Waals surface area contributed by atoms with Crippen molar-refractivity contribution in [2.45, 2.75) is 12.5 Å². The summed E-state index contributed by atoms with van der Waals surface area (Å²) in [5, 5.41) is 0.634. The topological polar surface area (TPSA) is 26.3 Å². The quantitative estimate of drug-likeness (QED) is 0.392. The van der Waals surface area contributed by atoms with E-state index in [1.54, 1.807) is 0 Å². The maximum absolute atomic E-state index is 12.8. The van der Waals surface area contributed by atoms with Crippen molar-refractivity contribution >= 4 is 42.1 Å². The van der Waals surface area contributed by atoms with Crippen LogP contribution in [0.1, 0.15) is 17.2 Å². The number of cyclic esters (lactones) is 1. The Labute approximate surface area is 173 Å². The van der Waals surface area contributed by atoms with E-state index >= 15 is 0 Å². The van der Waals surface area contributed by atoms with Crippen molar-refractivity contribution in [3.63, 3.8) is 0 Å². The van der Waals surface area contributed by atoms with Gasteiger partial charge in [0.1, 0.15) is 0 Å². The molecule has 0 N–H and O–H groups in total. The van der Waals surface area contributed by atoms with Crippen LogP contribution in [0.3, 0.4) is 0 Å². The van der Waals surface area contributed by atoms with Crippen LogP contribution in [0.5, 0.6) is 0 Å². The summed E-state index contributed by atoms with van der Waals surface area (Å²) < 4.78 is 8.23. The Bertz CT molecular complexity index is 984. The molecule has 1 heterocycles. The number of carbonyl (C=O) groups is 1. The molecule has 3 aromatic rings. The van der Waals surface area contributed by atoms with E-state index in [-0.39, 0.29) is 12.1 Å². The molecule has 4 heteroatoms. The zero-order valence-corrected chi connectivity index (χ0v) is 17.6. The Balaban J connectivity index is 1.77. The van der Waals surface area contributed by atoms with Gasteiger partial charge in [0.05, 0.1) is 0 Å². The first-order valence-corrected chi connectivity index (χ1v) is 11.4. The van der Waals surface area contributed by atoms with Gasteiger partial charge in [-0.2, -0.15) is 0 Å². The Morgan fingerprint density at radius 3 is 2.19 bits per heavy atom. The number of halogens is 1. The van der Waals surface area contributed by atoms with Gasteiger partial charge >= 0.3 is 174 Å². The van der Waals surface area contributed by atoms with Crippen LogP contribution in [0.15, 0.2) is 94.1 Å². The van der Waals surface area contributed by atoms with Crippen LogP contribution in [0, 0.1) is 0 Å². The molecule has 0 amide bonds. The molecule has 2 nitrogen and oxygen atoms in total. The number of hydrogen-bond donors (Lipinski definition) is 0. The second kappa shape index (κ2) is 8.31. The van der Waals surface area contributed by atoms with Gasteiger partial charge in [-0.1, -0.05) is 0 Å². The summed E-state index contributed by atoms with van der Waals surface area (Å²) in [4.78, 5) is 12.8. The summed E-state index contributed by atoms with van der Waals surface area (Å²) >= 11 is 5.66. The monoisotopic (exact) mass is 490 g/mol. The van der Waals surface area contributed by atoms with Crippen molar-refractivity contribution in [1.82, 2.24) is 0 Å². The van der Waals surface area contributed by atoms with E-state index in [1.165, 1.54) is 3.61 Å². The molecular weight excluding hydrogens is 471 g/mol. The third-order valence-electron chi connectivity index (χ3n) is 4.39. The fourth-order valence-electron chi connectivity index (χ4n) is 3.07. The van der Waals surface area contributed by atoms with Crippen LogP contribution in [0.4, 0.5) is 0 Å². The molecule has 1 atom stereocenters. The van der Waals surface area contributed by atoms with Crippen LogP contribution in [0.25, 0.3) is 0 Å². The molecule has 3 aromatic carbocycles. The Hall–Kier alpha value is -2.05. The molecule has 0 fully saturated rings. The van der Waals surface area contributed by atoms with Gasteiger partial charge in [-0.05, 0) is 0 Å². The van der Waals surface area contributed by atoms with E-state index in [2.05, 4.69) is 12.1 Å². The van der Waals surface area contributed by atoms with Gasteiger partial charge < -0.3 is 0 Å². The van der Waals surface area contributed by atoms with Crippen LogP contribution < -0.4 is 3.61 Å². The summed E-state index contributed by atoms with van der Waals surface area (Å²) in [5.41, 5.74) is 2.77. The Kier molecular flexibility index (Phi) is 5.64. The van der Waals surface area contributed by atoms with Gasteiger partial charge in [0.25, 0.3) is 0 Å². The molecule has 0 aliphatic carbocycles. The molecule has 1 unspecified atom stereocenters. The van der Waals surface area contributed by atoms with E-state index in [4.69, 9.17) is 16.3 Å². The van der Waals surface area contributed by atoms with Crippen LogP contribution in [-0.4, -0.2) is 26.9 Å². The summed E-state index contributed by atoms with van der Waals surface area (Å²) in [6.07, 6.45) is 0.209. The standard InChI is InChI=1S/C23H17ClO2Te/c24-20-14-8-7-13-18(20)21-22(27-17-11-5-2-6-12-17)19(23(25)26-21)15-16-9-3-1-4-10-16/h1-14,21H,15H2. The number of hydrogen-bond acceptors (Lipinski definition) is 2. The van der Waals surface area contributed by atoms with E-state index in [0.29, 0.717) is 11.4 Å². The van der Waals surface area contributed by atoms with Crippen LogP contribution in [-0.2, 0) is 16.0 Å². The molecule has 1 aliphatic heterocycles. The minimum absolute atomic E-state index is 0.222. The van der Waals surface area contributed by atoms with E-state index in [0.717, 1.165) is 20.3 Å². The molecule has 0 aromatic heterocycles. The first kappa shape index (κ1) is 18.3. The number of benzene rings is 3. The predicted octanol–water partition coefficient (Wildman–Crippen LogP) is 4.46. The molecule has 0 radical (unpaired) electrons. The molecule has 1 aliphatic rings. The fourth-order valence-corrected chi connectivity index (χ4v) is 6.47. The zero-order chi connectivity index (χ0) is 18.6. The summed E-state index contributed by atoms with van der Waals surface area (Å²) in [6, 6.07) is 28.0. The van der Waals surface area contributed by atoms with Crippen molar-refractivity contribution in [1.29, 1.82) is 0 Å². The van der Waals surface area contributed by atoms with Crippen LogP contribution >= 0.6 is 11.6 Å². The van der Waals surface area contributed by atoms with Gasteiger partial charge in [-0.15, -0.1) is 0 Å². The Morgan fingerprint density at radius 2 is 1.48 bits per heavy atom. The number of esters is 1. The molecule has 4 rings (SSSR count). The van der Waals surface area contributed by atoms with Gasteiger partial charge in [-0.25, -0.2) is 0 Å². The molecule has 134 valence electrons. The predicted molar refractivity (Wildman–Crippen MR) is 109 cm³/mol. The number of carbonyl (C=O) groups excluding carboxylic acids is 1. The van der Waals surface area contributed by atoms with Crippen molar-refractivity contribution in [3.05, 3.63) is 110 Å². The van der Waals surface area contributed by atoms with Gasteiger partial charge in [0.2, 0.25) is 0 Å². The summed E-state index contributed by atoms with van der Waals surface area (Å²) in [5.74, 6) is -0.222. The third kappa shape index (κ3) is 4.12. The summed E-state index contributed by atoms with van der Waals surface area (Å²) in [6.45, 7) is 0. The van der Waals surface area contributed by atoms with E-state index in [9.17, 15) is 4.79 Å². The maximum atomic E-state index is 12.8. The van der Waals surface area contributed by atoms with Crippen molar-refractivity contribution in [3.8, 4) is 0 Å². The van der Waals surface area contributed by atoms with Gasteiger partial charge in [-0.3, -0.25) is 0 Å². The average Bonchev–Trinajstić information content (AvgIpc) is 2.99. The van der Waals surface area contributed by atoms with Crippen molar-refractivity contribution < 1.29 is 9.53 Å². The zero-order valence-electron chi connectivity index (χ0n) is 14.5. The van der Waals surface area contributed by atoms with Gasteiger partial charge in [0.15, 0.2) is 0 Å². The van der Waals surface area contributed by atoms with Crippen molar-refractivity contribution in [2.24, 2.45) is 0 Å². The average molecular weight is 488 g/mol. The molecular formula is C23H17ClO2Te. The first-order valence-electron chi connectivity index (χ1n) is 8.67. The van der Waals surface area contributed by atoms with Crippen LogP contribution in [0.2, 0.25) is 5.02 Å². The third-order valence-corrected chi connectivity index (χ3v) is 8.12. The molecule has 0 saturated carbocycles.